The predicted octanol–water partition coefficient (Wildman–Crippen LogP) is 1.06. The van der Waals surface area contributed by atoms with Crippen molar-refractivity contribution in [2.45, 2.75) is 39.1 Å². The van der Waals surface area contributed by atoms with Crippen LogP contribution in [0.4, 0.5) is 5.69 Å². The first kappa shape index (κ1) is 26.2. The topological polar surface area (TPSA) is 139 Å². The second-order valence-corrected chi connectivity index (χ2v) is 9.44. The molecular weight excluding hydrogens is 476 g/mol. The molecule has 0 saturated heterocycles. The lowest BCUT2D eigenvalue weighted by Gasteiger charge is -2.38. The van der Waals surface area contributed by atoms with Crippen LogP contribution in [0.2, 0.25) is 0 Å². The minimum Gasteiger partial charge on any atom is -0.488 e. The molecule has 2 amide bonds. The largest absolute Gasteiger partial charge is 0.488 e. The minimum absolute atomic E-state index is 0.00154. The summed E-state index contributed by atoms with van der Waals surface area (Å²) in [6.07, 6.45) is 4.67. The molecule has 0 spiro atoms. The van der Waals surface area contributed by atoms with Crippen molar-refractivity contribution >= 4 is 17.5 Å². The van der Waals surface area contributed by atoms with Crippen LogP contribution in [-0.4, -0.2) is 90.8 Å². The molecular formula is C25H32N8O4. The number of hydrogen-bond donors (Lipinski definition) is 2. The van der Waals surface area contributed by atoms with Crippen LogP contribution in [0.15, 0.2) is 49.1 Å². The summed E-state index contributed by atoms with van der Waals surface area (Å²) in [5, 5.41) is 23.4. The van der Waals surface area contributed by atoms with E-state index in [1.807, 2.05) is 33.0 Å². The van der Waals surface area contributed by atoms with E-state index >= 15 is 0 Å². The molecule has 4 rings (SSSR count). The minimum atomic E-state index is -0.380. The summed E-state index contributed by atoms with van der Waals surface area (Å²) in [5.41, 5.74) is 1.92. The number of hydrogen-bond acceptors (Lipinski definition) is 9. The molecule has 12 nitrogen and oxygen atoms in total. The van der Waals surface area contributed by atoms with Crippen molar-refractivity contribution in [2.75, 3.05) is 32.1 Å². The average Bonchev–Trinajstić information content (AvgIpc) is 3.39. The first-order valence-electron chi connectivity index (χ1n) is 12.1. The van der Waals surface area contributed by atoms with Crippen molar-refractivity contribution in [1.29, 1.82) is 0 Å². The first-order valence-corrected chi connectivity index (χ1v) is 12.1. The number of pyridine rings is 1. The molecule has 196 valence electrons. The lowest BCUT2D eigenvalue weighted by molar-refractivity contribution is -0.116. The summed E-state index contributed by atoms with van der Waals surface area (Å²) >= 11 is 0. The number of anilines is 1. The second kappa shape index (κ2) is 11.9. The number of likely N-dealkylation sites (N-methyl/N-ethyl adjacent to an activating group) is 1. The molecule has 2 aromatic heterocycles. The van der Waals surface area contributed by atoms with Crippen LogP contribution in [0.1, 0.15) is 29.8 Å². The number of benzene rings is 1. The SMILES string of the molecule is C[C@H]1CN([C@@H](C)CO)C(=O)c2cc(NC(=O)Cn3cnnn3)ccc2O[C@@H]1CN(C)Cc1ccncc1. The van der Waals surface area contributed by atoms with Gasteiger partial charge in [0, 0.05) is 43.6 Å². The number of nitrogens with one attached hydrogen (secondary N) is 1. The Morgan fingerprint density at radius 2 is 2.08 bits per heavy atom. The van der Waals surface area contributed by atoms with E-state index < -0.39 is 0 Å². The van der Waals surface area contributed by atoms with Gasteiger partial charge in [-0.25, -0.2) is 4.68 Å². The fourth-order valence-electron chi connectivity index (χ4n) is 4.29. The van der Waals surface area contributed by atoms with Crippen molar-refractivity contribution < 1.29 is 19.4 Å². The summed E-state index contributed by atoms with van der Waals surface area (Å²) in [6.45, 7) is 5.41. The van der Waals surface area contributed by atoms with Crippen molar-refractivity contribution in [1.82, 2.24) is 35.0 Å². The standard InChI is InChI=1S/C25H32N8O4/c1-17-11-33(18(2)15-34)25(36)21-10-20(28-24(35)14-32-16-27-29-30-32)4-5-22(21)37-23(17)13-31(3)12-19-6-8-26-9-7-19/h4-10,16-18,23,34H,11-15H2,1-3H3,(H,28,35)/t17-,18-,23+/m0/s1. The number of carbonyl (C=O) groups excluding carboxylic acids is 2. The molecule has 0 radical (unpaired) electrons. The highest BCUT2D eigenvalue weighted by atomic mass is 16.5. The molecule has 1 aromatic carbocycles. The Balaban J connectivity index is 1.57. The van der Waals surface area contributed by atoms with Crippen molar-refractivity contribution in [3.05, 3.63) is 60.2 Å². The Morgan fingerprint density at radius 3 is 2.78 bits per heavy atom. The van der Waals surface area contributed by atoms with Gasteiger partial charge in [-0.15, -0.1) is 5.10 Å². The van der Waals surface area contributed by atoms with Gasteiger partial charge in [-0.3, -0.25) is 19.5 Å². The zero-order valence-corrected chi connectivity index (χ0v) is 21.2. The van der Waals surface area contributed by atoms with E-state index in [2.05, 4.69) is 30.7 Å². The number of aromatic nitrogens is 5. The first-order chi connectivity index (χ1) is 17.8. The Morgan fingerprint density at radius 1 is 1.30 bits per heavy atom. The molecule has 3 atom stereocenters. The third-order valence-electron chi connectivity index (χ3n) is 6.34. The lowest BCUT2D eigenvalue weighted by atomic mass is 9.99. The Labute approximate surface area is 215 Å². The third-order valence-corrected chi connectivity index (χ3v) is 6.34. The van der Waals surface area contributed by atoms with Gasteiger partial charge < -0.3 is 20.1 Å². The van der Waals surface area contributed by atoms with Crippen LogP contribution in [0.5, 0.6) is 5.75 Å². The van der Waals surface area contributed by atoms with E-state index in [4.69, 9.17) is 4.74 Å². The van der Waals surface area contributed by atoms with Gasteiger partial charge in [0.1, 0.15) is 24.7 Å². The number of fused-ring (bicyclic) bond motifs is 1. The summed E-state index contributed by atoms with van der Waals surface area (Å²) < 4.78 is 7.73. The van der Waals surface area contributed by atoms with Gasteiger partial charge in [-0.05, 0) is 60.3 Å². The fourth-order valence-corrected chi connectivity index (χ4v) is 4.29. The Kier molecular flexibility index (Phi) is 8.41. The maximum absolute atomic E-state index is 13.6. The summed E-state index contributed by atoms with van der Waals surface area (Å²) in [6, 6.07) is 8.59. The fraction of sp³-hybridized carbons (Fsp3) is 0.440. The van der Waals surface area contributed by atoms with Crippen molar-refractivity contribution in [3.8, 4) is 5.75 Å². The number of aliphatic hydroxyl groups excluding tert-OH is 1. The maximum atomic E-state index is 13.6. The molecule has 12 heteroatoms. The number of nitrogens with zero attached hydrogens (tertiary/aromatic N) is 7. The smallest absolute Gasteiger partial charge is 0.258 e. The van der Waals surface area contributed by atoms with E-state index in [9.17, 15) is 14.7 Å². The van der Waals surface area contributed by atoms with Gasteiger partial charge >= 0.3 is 0 Å². The molecule has 0 saturated carbocycles. The van der Waals surface area contributed by atoms with Crippen LogP contribution < -0.4 is 10.1 Å². The molecule has 37 heavy (non-hydrogen) atoms. The van der Waals surface area contributed by atoms with Gasteiger partial charge in [0.05, 0.1) is 18.2 Å². The number of amides is 2. The number of aliphatic hydroxyl groups is 1. The zero-order chi connectivity index (χ0) is 26.4. The molecule has 3 heterocycles. The molecule has 3 aromatic rings. The quantitative estimate of drug-likeness (QED) is 0.434. The van der Waals surface area contributed by atoms with Crippen molar-refractivity contribution in [3.63, 3.8) is 0 Å². The predicted molar refractivity (Wildman–Crippen MR) is 135 cm³/mol. The highest BCUT2D eigenvalue weighted by Crippen LogP contribution is 2.30. The van der Waals surface area contributed by atoms with E-state index in [1.165, 1.54) is 11.0 Å². The van der Waals surface area contributed by atoms with E-state index in [0.717, 1.165) is 12.1 Å². The van der Waals surface area contributed by atoms with Gasteiger partial charge in [0.15, 0.2) is 0 Å². The molecule has 2 N–H and O–H groups in total. The number of tetrazole rings is 1. The molecule has 0 fully saturated rings. The number of carbonyl (C=O) groups is 2. The summed E-state index contributed by atoms with van der Waals surface area (Å²) in [7, 11) is 2.03. The van der Waals surface area contributed by atoms with E-state index in [1.54, 1.807) is 35.5 Å². The number of rotatable bonds is 9. The maximum Gasteiger partial charge on any atom is 0.258 e. The van der Waals surface area contributed by atoms with Gasteiger partial charge in [-0.2, -0.15) is 0 Å². The molecule has 0 bridgehead atoms. The highest BCUT2D eigenvalue weighted by Gasteiger charge is 2.33. The molecule has 0 unspecified atom stereocenters. The summed E-state index contributed by atoms with van der Waals surface area (Å²) in [4.78, 5) is 33.9. The van der Waals surface area contributed by atoms with E-state index in [0.29, 0.717) is 30.1 Å². The molecule has 1 aliphatic heterocycles. The van der Waals surface area contributed by atoms with E-state index in [-0.39, 0.29) is 43.0 Å². The molecule has 0 aliphatic carbocycles. The van der Waals surface area contributed by atoms with Crippen LogP contribution in [0.3, 0.4) is 0 Å². The van der Waals surface area contributed by atoms with Gasteiger partial charge in [0.2, 0.25) is 5.91 Å². The second-order valence-electron chi connectivity index (χ2n) is 9.44. The summed E-state index contributed by atoms with van der Waals surface area (Å²) in [5.74, 6) is -0.158. The van der Waals surface area contributed by atoms with Crippen molar-refractivity contribution in [2.24, 2.45) is 5.92 Å². The average molecular weight is 509 g/mol. The van der Waals surface area contributed by atoms with Gasteiger partial charge in [0.25, 0.3) is 5.91 Å². The number of ether oxygens (including phenoxy) is 1. The van der Waals surface area contributed by atoms with Crippen LogP contribution in [0, 0.1) is 5.92 Å². The highest BCUT2D eigenvalue weighted by molar-refractivity contribution is 5.99. The van der Waals surface area contributed by atoms with Crippen LogP contribution in [0.25, 0.3) is 0 Å². The van der Waals surface area contributed by atoms with Crippen LogP contribution in [-0.2, 0) is 17.9 Å². The monoisotopic (exact) mass is 508 g/mol. The third kappa shape index (κ3) is 6.66. The Bertz CT molecular complexity index is 1190. The van der Waals surface area contributed by atoms with Gasteiger partial charge in [-0.1, -0.05) is 6.92 Å². The van der Waals surface area contributed by atoms with Crippen LogP contribution >= 0.6 is 0 Å². The normalized spacial score (nSPS) is 18.5. The molecule has 1 aliphatic rings. The zero-order valence-electron chi connectivity index (χ0n) is 21.2. The lowest BCUT2D eigenvalue weighted by Crippen LogP contribution is -2.49. The Hall–Kier alpha value is -3.90.